The number of benzene rings is 1. The minimum Gasteiger partial charge on any atom is -0.484 e. The summed E-state index contributed by atoms with van der Waals surface area (Å²) in [5, 5.41) is 0. The Labute approximate surface area is 93.3 Å². The van der Waals surface area contributed by atoms with E-state index in [0.717, 1.165) is 0 Å². The minimum atomic E-state index is -4.34. The largest absolute Gasteiger partial charge is 0.484 e. The van der Waals surface area contributed by atoms with Gasteiger partial charge in [0, 0.05) is 16.6 Å². The van der Waals surface area contributed by atoms with Gasteiger partial charge >= 0.3 is 6.18 Å². The van der Waals surface area contributed by atoms with E-state index in [1.54, 1.807) is 12.1 Å². The van der Waals surface area contributed by atoms with Crippen molar-refractivity contribution >= 4 is 15.9 Å². The average molecular weight is 284 g/mol. The van der Waals surface area contributed by atoms with Gasteiger partial charge in [0.05, 0.1) is 0 Å². The van der Waals surface area contributed by atoms with Crippen LogP contribution in [0.4, 0.5) is 13.2 Å². The second-order valence-corrected chi connectivity index (χ2v) is 3.68. The van der Waals surface area contributed by atoms with E-state index in [9.17, 15) is 13.2 Å². The zero-order chi connectivity index (χ0) is 11.5. The number of nitrogens with two attached hydrogens (primary N) is 1. The summed E-state index contributed by atoms with van der Waals surface area (Å²) in [5.41, 5.74) is 5.93. The molecule has 1 aromatic carbocycles. The van der Waals surface area contributed by atoms with Crippen LogP contribution in [0.15, 0.2) is 22.7 Å². The molecule has 0 unspecified atom stereocenters. The van der Waals surface area contributed by atoms with E-state index < -0.39 is 12.8 Å². The van der Waals surface area contributed by atoms with Crippen molar-refractivity contribution in [3.63, 3.8) is 0 Å². The van der Waals surface area contributed by atoms with Crippen LogP contribution in [0.1, 0.15) is 5.56 Å². The number of ether oxygens (including phenoxy) is 1. The second-order valence-electron chi connectivity index (χ2n) is 2.82. The molecule has 1 rings (SSSR count). The molecule has 0 radical (unpaired) electrons. The highest BCUT2D eigenvalue weighted by atomic mass is 79.9. The van der Waals surface area contributed by atoms with Gasteiger partial charge in [-0.2, -0.15) is 13.2 Å². The lowest BCUT2D eigenvalue weighted by atomic mass is 10.2. The van der Waals surface area contributed by atoms with Crippen molar-refractivity contribution in [2.24, 2.45) is 5.73 Å². The fourth-order valence-electron chi connectivity index (χ4n) is 1.03. The topological polar surface area (TPSA) is 35.2 Å². The van der Waals surface area contributed by atoms with Crippen LogP contribution in [0, 0.1) is 0 Å². The van der Waals surface area contributed by atoms with E-state index in [2.05, 4.69) is 20.7 Å². The molecule has 84 valence electrons. The van der Waals surface area contributed by atoms with Crippen molar-refractivity contribution in [2.45, 2.75) is 12.7 Å². The standard InChI is InChI=1S/C9H9BrF3NO/c10-7-2-1-3-8(6(7)4-14)15-5-9(11,12)13/h1-3H,4-5,14H2. The third kappa shape index (κ3) is 3.71. The maximum Gasteiger partial charge on any atom is 0.422 e. The highest BCUT2D eigenvalue weighted by Crippen LogP contribution is 2.27. The number of halogens is 4. The maximum absolute atomic E-state index is 11.9. The monoisotopic (exact) mass is 283 g/mol. The summed E-state index contributed by atoms with van der Waals surface area (Å²) in [5.74, 6) is 0.157. The number of hydrogen-bond acceptors (Lipinski definition) is 2. The number of rotatable bonds is 3. The number of hydrogen-bond donors (Lipinski definition) is 1. The van der Waals surface area contributed by atoms with Gasteiger partial charge in [-0.1, -0.05) is 22.0 Å². The van der Waals surface area contributed by atoms with Gasteiger partial charge in [-0.25, -0.2) is 0 Å². The molecule has 0 aliphatic carbocycles. The highest BCUT2D eigenvalue weighted by molar-refractivity contribution is 9.10. The molecular weight excluding hydrogens is 275 g/mol. The Bertz CT molecular complexity index is 341. The molecular formula is C9H9BrF3NO. The Kier molecular flexibility index (Phi) is 3.98. The van der Waals surface area contributed by atoms with Crippen molar-refractivity contribution in [2.75, 3.05) is 6.61 Å². The van der Waals surface area contributed by atoms with Crippen molar-refractivity contribution in [3.8, 4) is 5.75 Å². The predicted molar refractivity (Wildman–Crippen MR) is 53.6 cm³/mol. The molecule has 0 fully saturated rings. The first-order valence-electron chi connectivity index (χ1n) is 4.11. The number of alkyl halides is 3. The Morgan fingerprint density at radius 3 is 2.53 bits per heavy atom. The summed E-state index contributed by atoms with van der Waals surface area (Å²) >= 11 is 3.19. The van der Waals surface area contributed by atoms with E-state index in [0.29, 0.717) is 10.0 Å². The van der Waals surface area contributed by atoms with E-state index in [-0.39, 0.29) is 12.3 Å². The summed E-state index contributed by atoms with van der Waals surface area (Å²) in [6.45, 7) is -1.19. The molecule has 0 spiro atoms. The quantitative estimate of drug-likeness (QED) is 0.926. The zero-order valence-corrected chi connectivity index (χ0v) is 9.23. The fourth-order valence-corrected chi connectivity index (χ4v) is 1.54. The summed E-state index contributed by atoms with van der Waals surface area (Å²) in [7, 11) is 0. The molecule has 0 saturated carbocycles. The summed E-state index contributed by atoms with van der Waals surface area (Å²) in [6.07, 6.45) is -4.34. The minimum absolute atomic E-state index is 0.120. The molecule has 0 aromatic heterocycles. The predicted octanol–water partition coefficient (Wildman–Crippen LogP) is 2.85. The lowest BCUT2D eigenvalue weighted by molar-refractivity contribution is -0.153. The molecule has 15 heavy (non-hydrogen) atoms. The normalized spacial score (nSPS) is 11.5. The lowest BCUT2D eigenvalue weighted by Crippen LogP contribution is -2.20. The van der Waals surface area contributed by atoms with Gasteiger partial charge in [0.2, 0.25) is 0 Å². The Balaban J connectivity index is 2.81. The molecule has 1 aromatic rings. The average Bonchev–Trinajstić information content (AvgIpc) is 2.13. The highest BCUT2D eigenvalue weighted by Gasteiger charge is 2.28. The van der Waals surface area contributed by atoms with Gasteiger partial charge in [0.25, 0.3) is 0 Å². The fraction of sp³-hybridized carbons (Fsp3) is 0.333. The smallest absolute Gasteiger partial charge is 0.422 e. The first-order chi connectivity index (χ1) is 6.94. The maximum atomic E-state index is 11.9. The molecule has 0 amide bonds. The molecule has 0 heterocycles. The third-order valence-electron chi connectivity index (χ3n) is 1.67. The van der Waals surface area contributed by atoms with Crippen molar-refractivity contribution in [1.82, 2.24) is 0 Å². The first-order valence-corrected chi connectivity index (χ1v) is 4.90. The molecule has 2 N–H and O–H groups in total. The van der Waals surface area contributed by atoms with Crippen molar-refractivity contribution < 1.29 is 17.9 Å². The van der Waals surface area contributed by atoms with Crippen LogP contribution >= 0.6 is 15.9 Å². The first kappa shape index (κ1) is 12.3. The Morgan fingerprint density at radius 2 is 2.00 bits per heavy atom. The van der Waals surface area contributed by atoms with Gasteiger partial charge in [0.15, 0.2) is 6.61 Å². The van der Waals surface area contributed by atoms with Crippen LogP contribution in [0.3, 0.4) is 0 Å². The second kappa shape index (κ2) is 4.85. The molecule has 6 heteroatoms. The van der Waals surface area contributed by atoms with Crippen LogP contribution < -0.4 is 10.5 Å². The van der Waals surface area contributed by atoms with Gasteiger partial charge in [-0.15, -0.1) is 0 Å². The van der Waals surface area contributed by atoms with Gasteiger partial charge < -0.3 is 10.5 Å². The molecule has 0 aliphatic heterocycles. The van der Waals surface area contributed by atoms with Gasteiger partial charge in [-0.05, 0) is 12.1 Å². The van der Waals surface area contributed by atoms with Crippen molar-refractivity contribution in [3.05, 3.63) is 28.2 Å². The molecule has 0 atom stereocenters. The molecule has 0 aliphatic rings. The van der Waals surface area contributed by atoms with Crippen LogP contribution in [0.25, 0.3) is 0 Å². The zero-order valence-electron chi connectivity index (χ0n) is 7.64. The van der Waals surface area contributed by atoms with Crippen LogP contribution in [0.2, 0.25) is 0 Å². The summed E-state index contributed by atoms with van der Waals surface area (Å²) in [4.78, 5) is 0. The van der Waals surface area contributed by atoms with E-state index in [4.69, 9.17) is 5.73 Å². The Hall–Kier alpha value is -0.750. The summed E-state index contributed by atoms with van der Waals surface area (Å²) in [6, 6.07) is 4.75. The van der Waals surface area contributed by atoms with E-state index in [1.165, 1.54) is 6.07 Å². The van der Waals surface area contributed by atoms with E-state index >= 15 is 0 Å². The molecule has 0 bridgehead atoms. The van der Waals surface area contributed by atoms with Gasteiger partial charge in [0.1, 0.15) is 5.75 Å². The Morgan fingerprint density at radius 1 is 1.33 bits per heavy atom. The van der Waals surface area contributed by atoms with E-state index in [1.807, 2.05) is 0 Å². The lowest BCUT2D eigenvalue weighted by Gasteiger charge is -2.13. The molecule has 2 nitrogen and oxygen atoms in total. The van der Waals surface area contributed by atoms with Gasteiger partial charge in [-0.3, -0.25) is 0 Å². The SMILES string of the molecule is NCc1c(Br)cccc1OCC(F)(F)F. The third-order valence-corrected chi connectivity index (χ3v) is 2.41. The summed E-state index contributed by atoms with van der Waals surface area (Å²) < 4.78 is 41.0. The van der Waals surface area contributed by atoms with Crippen LogP contribution in [-0.2, 0) is 6.54 Å². The van der Waals surface area contributed by atoms with Crippen molar-refractivity contribution in [1.29, 1.82) is 0 Å². The van der Waals surface area contributed by atoms with Crippen LogP contribution in [-0.4, -0.2) is 12.8 Å². The molecule has 0 saturated heterocycles. The van der Waals surface area contributed by atoms with Crippen LogP contribution in [0.5, 0.6) is 5.75 Å².